The summed E-state index contributed by atoms with van der Waals surface area (Å²) in [6.07, 6.45) is 0.551. The van der Waals surface area contributed by atoms with Crippen LogP contribution in [0.1, 0.15) is 24.7 Å². The molecule has 0 saturated carbocycles. The first-order valence-electron chi connectivity index (χ1n) is 5.91. The Morgan fingerprint density at radius 3 is 2.67 bits per heavy atom. The van der Waals surface area contributed by atoms with Crippen molar-refractivity contribution in [2.75, 3.05) is 31.3 Å². The van der Waals surface area contributed by atoms with Crippen LogP contribution in [0.15, 0.2) is 0 Å². The van der Waals surface area contributed by atoms with Crippen LogP contribution in [0.5, 0.6) is 0 Å². The number of aromatic nitrogens is 2. The molecule has 0 saturated heterocycles. The number of nitrogens with one attached hydrogen (secondary N) is 1. The third kappa shape index (κ3) is 4.12. The van der Waals surface area contributed by atoms with E-state index >= 15 is 0 Å². The number of hydrogen-bond donors (Lipinski definition) is 3. The zero-order chi connectivity index (χ0) is 13.8. The van der Waals surface area contributed by atoms with Gasteiger partial charge >= 0.3 is 0 Å². The summed E-state index contributed by atoms with van der Waals surface area (Å²) in [4.78, 5) is 8.34. The average Bonchev–Trinajstić information content (AvgIpc) is 2.29. The fourth-order valence-electron chi connectivity index (χ4n) is 1.51. The predicted octanol–water partition coefficient (Wildman–Crippen LogP) is 0.875. The quantitative estimate of drug-likeness (QED) is 0.697. The largest absolute Gasteiger partial charge is 0.388 e. The molecule has 0 spiro atoms. The topological polar surface area (TPSA) is 93.3 Å². The maximum Gasteiger partial charge on any atom is 0.134 e. The van der Waals surface area contributed by atoms with Crippen molar-refractivity contribution < 1.29 is 9.84 Å². The van der Waals surface area contributed by atoms with Gasteiger partial charge in [0.25, 0.3) is 0 Å². The summed E-state index contributed by atoms with van der Waals surface area (Å²) in [5.41, 5.74) is 5.71. The van der Waals surface area contributed by atoms with Crippen LogP contribution in [0.3, 0.4) is 0 Å². The van der Waals surface area contributed by atoms with Crippen molar-refractivity contribution in [3.8, 4) is 0 Å². The number of ether oxygens (including phenoxy) is 1. The first-order chi connectivity index (χ1) is 8.35. The summed E-state index contributed by atoms with van der Waals surface area (Å²) in [6.45, 7) is 6.28. The standard InChI is InChI=1S/C12H22N4O2/c1-8-10(13)15-9(2)16-11(8)14-7-12(3,17)5-6-18-4/h17H,5-7H2,1-4H3,(H3,13,14,15,16). The van der Waals surface area contributed by atoms with Gasteiger partial charge in [0.1, 0.15) is 17.5 Å². The van der Waals surface area contributed by atoms with E-state index in [0.29, 0.717) is 37.0 Å². The minimum Gasteiger partial charge on any atom is -0.388 e. The number of rotatable bonds is 6. The highest BCUT2D eigenvalue weighted by Gasteiger charge is 2.20. The van der Waals surface area contributed by atoms with Gasteiger partial charge in [-0.25, -0.2) is 9.97 Å². The van der Waals surface area contributed by atoms with Crippen LogP contribution in [0, 0.1) is 13.8 Å². The number of anilines is 2. The highest BCUT2D eigenvalue weighted by molar-refractivity contribution is 5.54. The Kier molecular flexibility index (Phi) is 4.86. The minimum absolute atomic E-state index is 0.382. The van der Waals surface area contributed by atoms with Gasteiger partial charge in [-0.2, -0.15) is 0 Å². The molecule has 0 amide bonds. The van der Waals surface area contributed by atoms with E-state index in [9.17, 15) is 5.11 Å². The van der Waals surface area contributed by atoms with Crippen LogP contribution in [-0.4, -0.2) is 40.9 Å². The molecule has 1 rings (SSSR count). The monoisotopic (exact) mass is 254 g/mol. The Morgan fingerprint density at radius 1 is 1.39 bits per heavy atom. The first-order valence-corrected chi connectivity index (χ1v) is 5.91. The molecule has 102 valence electrons. The van der Waals surface area contributed by atoms with Crippen molar-refractivity contribution in [2.24, 2.45) is 0 Å². The third-order valence-corrected chi connectivity index (χ3v) is 2.78. The Hall–Kier alpha value is -1.40. The van der Waals surface area contributed by atoms with Gasteiger partial charge in [-0.1, -0.05) is 0 Å². The van der Waals surface area contributed by atoms with Crippen LogP contribution in [-0.2, 0) is 4.74 Å². The number of methoxy groups -OCH3 is 1. The molecule has 0 bridgehead atoms. The molecule has 1 aromatic heterocycles. The summed E-state index contributed by atoms with van der Waals surface area (Å²) in [5.74, 6) is 1.73. The van der Waals surface area contributed by atoms with E-state index in [1.807, 2.05) is 6.92 Å². The second-order valence-electron chi connectivity index (χ2n) is 4.72. The molecule has 0 aromatic carbocycles. The van der Waals surface area contributed by atoms with Gasteiger partial charge in [-0.05, 0) is 20.8 Å². The summed E-state index contributed by atoms with van der Waals surface area (Å²) < 4.78 is 4.96. The van der Waals surface area contributed by atoms with Crippen LogP contribution < -0.4 is 11.1 Å². The Balaban J connectivity index is 2.68. The van der Waals surface area contributed by atoms with Crippen molar-refractivity contribution in [3.05, 3.63) is 11.4 Å². The van der Waals surface area contributed by atoms with E-state index < -0.39 is 5.60 Å². The SMILES string of the molecule is COCCC(C)(O)CNc1nc(C)nc(N)c1C. The van der Waals surface area contributed by atoms with Crippen LogP contribution in [0.2, 0.25) is 0 Å². The molecule has 0 aliphatic carbocycles. The molecular weight excluding hydrogens is 232 g/mol. The fourth-order valence-corrected chi connectivity index (χ4v) is 1.51. The molecule has 1 heterocycles. The molecule has 4 N–H and O–H groups in total. The van der Waals surface area contributed by atoms with Crippen molar-refractivity contribution in [3.63, 3.8) is 0 Å². The highest BCUT2D eigenvalue weighted by Crippen LogP contribution is 2.18. The fraction of sp³-hybridized carbons (Fsp3) is 0.667. The molecule has 6 heteroatoms. The molecule has 0 aliphatic heterocycles. The van der Waals surface area contributed by atoms with Crippen LogP contribution in [0.4, 0.5) is 11.6 Å². The average molecular weight is 254 g/mol. The molecule has 0 aliphatic rings. The Labute approximate surface area is 108 Å². The van der Waals surface area contributed by atoms with Gasteiger partial charge in [0.2, 0.25) is 0 Å². The van der Waals surface area contributed by atoms with Gasteiger partial charge < -0.3 is 20.9 Å². The zero-order valence-corrected chi connectivity index (χ0v) is 11.4. The lowest BCUT2D eigenvalue weighted by atomic mass is 10.0. The highest BCUT2D eigenvalue weighted by atomic mass is 16.5. The molecule has 0 fully saturated rings. The Morgan fingerprint density at radius 2 is 2.06 bits per heavy atom. The summed E-state index contributed by atoms with van der Waals surface area (Å²) in [7, 11) is 1.61. The molecule has 1 atom stereocenters. The van der Waals surface area contributed by atoms with E-state index in [2.05, 4.69) is 15.3 Å². The maximum atomic E-state index is 10.1. The minimum atomic E-state index is -0.851. The number of nitrogen functional groups attached to an aromatic ring is 1. The van der Waals surface area contributed by atoms with Crippen LogP contribution in [0.25, 0.3) is 0 Å². The van der Waals surface area contributed by atoms with Gasteiger partial charge in [-0.15, -0.1) is 0 Å². The number of aliphatic hydroxyl groups is 1. The van der Waals surface area contributed by atoms with Gasteiger partial charge in [-0.3, -0.25) is 0 Å². The second-order valence-corrected chi connectivity index (χ2v) is 4.72. The lowest BCUT2D eigenvalue weighted by Gasteiger charge is -2.24. The molecular formula is C12H22N4O2. The number of aryl methyl sites for hydroxylation is 1. The van der Waals surface area contributed by atoms with Crippen molar-refractivity contribution in [1.82, 2.24) is 9.97 Å². The molecule has 0 radical (unpaired) electrons. The summed E-state index contributed by atoms with van der Waals surface area (Å²) >= 11 is 0. The summed E-state index contributed by atoms with van der Waals surface area (Å²) in [6, 6.07) is 0. The number of nitrogens with zero attached hydrogens (tertiary/aromatic N) is 2. The van der Waals surface area contributed by atoms with Crippen molar-refractivity contribution in [1.29, 1.82) is 0 Å². The molecule has 1 unspecified atom stereocenters. The van der Waals surface area contributed by atoms with E-state index in [-0.39, 0.29) is 0 Å². The summed E-state index contributed by atoms with van der Waals surface area (Å²) in [5, 5.41) is 13.2. The van der Waals surface area contributed by atoms with E-state index in [1.165, 1.54) is 0 Å². The predicted molar refractivity (Wildman–Crippen MR) is 71.5 cm³/mol. The van der Waals surface area contributed by atoms with Crippen LogP contribution >= 0.6 is 0 Å². The first kappa shape index (κ1) is 14.7. The molecule has 18 heavy (non-hydrogen) atoms. The lowest BCUT2D eigenvalue weighted by molar-refractivity contribution is 0.0357. The number of hydrogen-bond acceptors (Lipinski definition) is 6. The van der Waals surface area contributed by atoms with Gasteiger partial charge in [0, 0.05) is 32.2 Å². The van der Waals surface area contributed by atoms with E-state index in [1.54, 1.807) is 21.0 Å². The lowest BCUT2D eigenvalue weighted by Crippen LogP contribution is -2.35. The smallest absolute Gasteiger partial charge is 0.134 e. The Bertz CT molecular complexity index is 407. The molecule has 6 nitrogen and oxygen atoms in total. The van der Waals surface area contributed by atoms with E-state index in [4.69, 9.17) is 10.5 Å². The molecule has 1 aromatic rings. The zero-order valence-electron chi connectivity index (χ0n) is 11.4. The second kappa shape index (κ2) is 5.97. The maximum absolute atomic E-state index is 10.1. The van der Waals surface area contributed by atoms with Crippen molar-refractivity contribution >= 4 is 11.6 Å². The normalized spacial score (nSPS) is 14.3. The number of nitrogens with two attached hydrogens (primary N) is 1. The van der Waals surface area contributed by atoms with E-state index in [0.717, 1.165) is 5.56 Å². The van der Waals surface area contributed by atoms with Gasteiger partial charge in [0.15, 0.2) is 0 Å². The third-order valence-electron chi connectivity index (χ3n) is 2.78. The van der Waals surface area contributed by atoms with Crippen molar-refractivity contribution in [2.45, 2.75) is 32.8 Å². The van der Waals surface area contributed by atoms with Gasteiger partial charge in [0.05, 0.1) is 5.60 Å².